The highest BCUT2D eigenvalue weighted by molar-refractivity contribution is 7.90. The van der Waals surface area contributed by atoms with Gasteiger partial charge in [0, 0.05) is 13.1 Å². The van der Waals surface area contributed by atoms with E-state index in [9.17, 15) is 8.42 Å². The summed E-state index contributed by atoms with van der Waals surface area (Å²) in [6.07, 6.45) is 2.85. The predicted octanol–water partition coefficient (Wildman–Crippen LogP) is 0.346. The number of ether oxygens (including phenoxy) is 1. The number of hydrogen-bond acceptors (Lipinski definition) is 5. The standard InChI is InChI=1S/C9H17N5O3S/c1-2-17-9-10-8(11-12-9)13-18(15,16)14-6-4-3-5-7-14/h2-7H2,1H3,(H2,10,11,12,13). The van der Waals surface area contributed by atoms with Crippen LogP contribution in [-0.4, -0.2) is 47.6 Å². The summed E-state index contributed by atoms with van der Waals surface area (Å²) in [5.74, 6) is 0.0732. The molecule has 1 saturated heterocycles. The van der Waals surface area contributed by atoms with Crippen molar-refractivity contribution in [2.75, 3.05) is 24.4 Å². The molecule has 0 radical (unpaired) electrons. The molecule has 9 heteroatoms. The Hall–Kier alpha value is -1.35. The van der Waals surface area contributed by atoms with Crippen LogP contribution in [0.15, 0.2) is 0 Å². The highest BCUT2D eigenvalue weighted by atomic mass is 32.2. The van der Waals surface area contributed by atoms with Crippen molar-refractivity contribution in [3.8, 4) is 6.01 Å². The number of anilines is 1. The minimum Gasteiger partial charge on any atom is -0.463 e. The zero-order valence-electron chi connectivity index (χ0n) is 10.2. The molecule has 102 valence electrons. The van der Waals surface area contributed by atoms with Crippen molar-refractivity contribution in [2.45, 2.75) is 26.2 Å². The van der Waals surface area contributed by atoms with Crippen molar-refractivity contribution in [3.63, 3.8) is 0 Å². The number of hydrogen-bond donors (Lipinski definition) is 2. The summed E-state index contributed by atoms with van der Waals surface area (Å²) in [6, 6.07) is 0.133. The molecular formula is C9H17N5O3S. The van der Waals surface area contributed by atoms with Gasteiger partial charge >= 0.3 is 16.2 Å². The summed E-state index contributed by atoms with van der Waals surface area (Å²) < 4.78 is 32.8. The molecule has 2 rings (SSSR count). The molecule has 1 fully saturated rings. The van der Waals surface area contributed by atoms with E-state index in [4.69, 9.17) is 4.74 Å². The Morgan fingerprint density at radius 1 is 1.39 bits per heavy atom. The first kappa shape index (κ1) is 13.1. The molecule has 1 aliphatic heterocycles. The molecular weight excluding hydrogens is 258 g/mol. The molecule has 18 heavy (non-hydrogen) atoms. The maximum atomic E-state index is 12.0. The smallest absolute Gasteiger partial charge is 0.337 e. The average molecular weight is 275 g/mol. The molecule has 1 aromatic rings. The number of nitrogens with zero attached hydrogens (tertiary/aromatic N) is 3. The fourth-order valence-corrected chi connectivity index (χ4v) is 2.98. The highest BCUT2D eigenvalue weighted by Gasteiger charge is 2.24. The van der Waals surface area contributed by atoms with Crippen molar-refractivity contribution >= 4 is 16.2 Å². The number of nitrogens with one attached hydrogen (secondary N) is 2. The van der Waals surface area contributed by atoms with Gasteiger partial charge in [-0.05, 0) is 19.8 Å². The van der Waals surface area contributed by atoms with Gasteiger partial charge in [0.15, 0.2) is 0 Å². The van der Waals surface area contributed by atoms with Crippen molar-refractivity contribution in [3.05, 3.63) is 0 Å². The van der Waals surface area contributed by atoms with E-state index in [-0.39, 0.29) is 12.0 Å². The Bertz CT molecular complexity index is 480. The van der Waals surface area contributed by atoms with E-state index in [0.29, 0.717) is 19.7 Å². The molecule has 2 N–H and O–H groups in total. The molecule has 0 aliphatic carbocycles. The number of rotatable bonds is 5. The Balaban J connectivity index is 2.01. The lowest BCUT2D eigenvalue weighted by atomic mass is 10.2. The first-order chi connectivity index (χ1) is 8.62. The maximum Gasteiger partial charge on any atom is 0.337 e. The molecule has 0 saturated carbocycles. The minimum atomic E-state index is -3.54. The summed E-state index contributed by atoms with van der Waals surface area (Å²) in [6.45, 7) is 3.31. The molecule has 1 aliphatic rings. The molecule has 0 atom stereocenters. The predicted molar refractivity (Wildman–Crippen MR) is 65.5 cm³/mol. The van der Waals surface area contributed by atoms with Crippen LogP contribution in [0.2, 0.25) is 0 Å². The molecule has 0 unspecified atom stereocenters. The second kappa shape index (κ2) is 5.53. The zero-order chi connectivity index (χ0) is 13.0. The maximum absolute atomic E-state index is 12.0. The lowest BCUT2D eigenvalue weighted by Crippen LogP contribution is -2.39. The van der Waals surface area contributed by atoms with Crippen LogP contribution >= 0.6 is 0 Å². The molecule has 0 spiro atoms. The molecule has 2 heterocycles. The van der Waals surface area contributed by atoms with Gasteiger partial charge in [0.25, 0.3) is 0 Å². The van der Waals surface area contributed by atoms with E-state index in [1.807, 2.05) is 0 Å². The summed E-state index contributed by atoms with van der Waals surface area (Å²) in [5, 5.41) is 6.21. The van der Waals surface area contributed by atoms with Crippen LogP contribution in [0, 0.1) is 0 Å². The van der Waals surface area contributed by atoms with Gasteiger partial charge < -0.3 is 4.74 Å². The van der Waals surface area contributed by atoms with Crippen LogP contribution in [0.5, 0.6) is 6.01 Å². The Labute approximate surface area is 106 Å². The number of aromatic nitrogens is 3. The third-order valence-electron chi connectivity index (χ3n) is 2.62. The van der Waals surface area contributed by atoms with E-state index in [1.165, 1.54) is 4.31 Å². The number of piperidine rings is 1. The van der Waals surface area contributed by atoms with Gasteiger partial charge in [-0.15, -0.1) is 5.10 Å². The van der Waals surface area contributed by atoms with Crippen molar-refractivity contribution in [2.24, 2.45) is 0 Å². The lowest BCUT2D eigenvalue weighted by Gasteiger charge is -2.25. The fourth-order valence-electron chi connectivity index (χ4n) is 1.78. The first-order valence-corrected chi connectivity index (χ1v) is 7.39. The number of H-pyrrole nitrogens is 1. The SMILES string of the molecule is CCOc1n[nH]c(NS(=O)(=O)N2CCCCC2)n1. The monoisotopic (exact) mass is 275 g/mol. The van der Waals surface area contributed by atoms with Crippen molar-refractivity contribution in [1.82, 2.24) is 19.5 Å². The largest absolute Gasteiger partial charge is 0.463 e. The first-order valence-electron chi connectivity index (χ1n) is 5.95. The van der Waals surface area contributed by atoms with Gasteiger partial charge in [-0.25, -0.2) is 9.82 Å². The quantitative estimate of drug-likeness (QED) is 0.807. The summed E-state index contributed by atoms with van der Waals surface area (Å²) >= 11 is 0. The van der Waals surface area contributed by atoms with E-state index >= 15 is 0 Å². The van der Waals surface area contributed by atoms with Crippen molar-refractivity contribution in [1.29, 1.82) is 0 Å². The van der Waals surface area contributed by atoms with Crippen LogP contribution in [0.4, 0.5) is 5.95 Å². The van der Waals surface area contributed by atoms with Gasteiger partial charge in [-0.3, -0.25) is 0 Å². The van der Waals surface area contributed by atoms with Gasteiger partial charge in [0.2, 0.25) is 5.95 Å². The molecule has 8 nitrogen and oxygen atoms in total. The summed E-state index contributed by atoms with van der Waals surface area (Å²) in [7, 11) is -3.54. The third-order valence-corrected chi connectivity index (χ3v) is 4.12. The zero-order valence-corrected chi connectivity index (χ0v) is 11.0. The summed E-state index contributed by atoms with van der Waals surface area (Å²) in [4.78, 5) is 3.87. The van der Waals surface area contributed by atoms with Crippen LogP contribution in [-0.2, 0) is 10.2 Å². The second-order valence-corrected chi connectivity index (χ2v) is 5.64. The average Bonchev–Trinajstić information content (AvgIpc) is 2.77. The molecule has 1 aromatic heterocycles. The number of aromatic amines is 1. The summed E-state index contributed by atoms with van der Waals surface area (Å²) in [5.41, 5.74) is 0. The molecule has 0 aromatic carbocycles. The van der Waals surface area contributed by atoms with Gasteiger partial charge in [-0.2, -0.15) is 17.7 Å². The Morgan fingerprint density at radius 3 is 2.78 bits per heavy atom. The van der Waals surface area contributed by atoms with E-state index in [2.05, 4.69) is 19.9 Å². The van der Waals surface area contributed by atoms with Crippen LogP contribution in [0.3, 0.4) is 0 Å². The highest BCUT2D eigenvalue weighted by Crippen LogP contribution is 2.15. The second-order valence-electron chi connectivity index (χ2n) is 3.97. The van der Waals surface area contributed by atoms with Crippen molar-refractivity contribution < 1.29 is 13.2 Å². The van der Waals surface area contributed by atoms with Gasteiger partial charge in [-0.1, -0.05) is 6.42 Å². The fraction of sp³-hybridized carbons (Fsp3) is 0.778. The molecule has 0 bridgehead atoms. The topological polar surface area (TPSA) is 100 Å². The minimum absolute atomic E-state index is 0.0732. The van der Waals surface area contributed by atoms with Crippen LogP contribution in [0.25, 0.3) is 0 Å². The Morgan fingerprint density at radius 2 is 2.11 bits per heavy atom. The van der Waals surface area contributed by atoms with E-state index in [0.717, 1.165) is 19.3 Å². The van der Waals surface area contributed by atoms with E-state index < -0.39 is 10.2 Å². The van der Waals surface area contributed by atoms with Gasteiger partial charge in [0.05, 0.1) is 6.61 Å². The molecule has 0 amide bonds. The normalized spacial score (nSPS) is 17.6. The van der Waals surface area contributed by atoms with Crippen LogP contribution in [0.1, 0.15) is 26.2 Å². The van der Waals surface area contributed by atoms with Gasteiger partial charge in [0.1, 0.15) is 0 Å². The van der Waals surface area contributed by atoms with Crippen LogP contribution < -0.4 is 9.46 Å². The third kappa shape index (κ3) is 3.10. The lowest BCUT2D eigenvalue weighted by molar-refractivity contribution is 0.314. The Kier molecular flexibility index (Phi) is 4.02. The van der Waals surface area contributed by atoms with E-state index in [1.54, 1.807) is 6.92 Å².